The van der Waals surface area contributed by atoms with E-state index in [2.05, 4.69) is 10.6 Å². The zero-order valence-electron chi connectivity index (χ0n) is 14.3. The number of nitrogens with one attached hydrogen (secondary N) is 2. The molecule has 0 saturated carbocycles. The summed E-state index contributed by atoms with van der Waals surface area (Å²) in [6.45, 7) is 0. The monoisotopic (exact) mass is 367 g/mol. The standard InChI is InChI=1S/C20H21N3O2S/c21-19(24)13-2-1-3-16(10-13)26-15-7-4-12(5-8-15)20(25)23-18-11-14-6-9-17(18)22-14/h1-5,7-8,10,14,17-18,22H,6,9,11H2,(H2,21,24)(H,23,25). The van der Waals surface area contributed by atoms with E-state index >= 15 is 0 Å². The fourth-order valence-electron chi connectivity index (χ4n) is 3.76. The number of carbonyl (C=O) groups excluding carboxylic acids is 2. The smallest absolute Gasteiger partial charge is 0.251 e. The fourth-order valence-corrected chi connectivity index (χ4v) is 4.64. The summed E-state index contributed by atoms with van der Waals surface area (Å²) < 4.78 is 0. The van der Waals surface area contributed by atoms with Gasteiger partial charge in [0.15, 0.2) is 0 Å². The van der Waals surface area contributed by atoms with Crippen molar-refractivity contribution in [2.45, 2.75) is 47.2 Å². The predicted molar refractivity (Wildman–Crippen MR) is 101 cm³/mol. The molecule has 2 amide bonds. The van der Waals surface area contributed by atoms with E-state index < -0.39 is 5.91 Å². The quantitative estimate of drug-likeness (QED) is 0.758. The van der Waals surface area contributed by atoms with Crippen LogP contribution in [0, 0.1) is 0 Å². The highest BCUT2D eigenvalue weighted by molar-refractivity contribution is 7.99. The first-order valence-corrected chi connectivity index (χ1v) is 9.65. The van der Waals surface area contributed by atoms with Gasteiger partial charge in [0, 0.05) is 39.0 Å². The first-order valence-electron chi connectivity index (χ1n) is 8.83. The van der Waals surface area contributed by atoms with E-state index in [1.807, 2.05) is 36.4 Å². The third kappa shape index (κ3) is 3.61. The number of nitrogens with two attached hydrogens (primary N) is 1. The summed E-state index contributed by atoms with van der Waals surface area (Å²) >= 11 is 1.53. The number of carbonyl (C=O) groups is 2. The summed E-state index contributed by atoms with van der Waals surface area (Å²) in [5.41, 5.74) is 6.48. The molecule has 2 aliphatic heterocycles. The maximum atomic E-state index is 12.5. The second kappa shape index (κ2) is 7.13. The first-order chi connectivity index (χ1) is 12.6. The van der Waals surface area contributed by atoms with Crippen molar-refractivity contribution in [1.29, 1.82) is 0 Å². The van der Waals surface area contributed by atoms with Gasteiger partial charge in [0.2, 0.25) is 5.91 Å². The normalized spacial score (nSPS) is 23.8. The molecule has 2 fully saturated rings. The second-order valence-corrected chi connectivity index (χ2v) is 8.03. The summed E-state index contributed by atoms with van der Waals surface area (Å²) in [5, 5.41) is 6.69. The molecule has 2 bridgehead atoms. The van der Waals surface area contributed by atoms with Crippen LogP contribution >= 0.6 is 11.8 Å². The SMILES string of the molecule is NC(=O)c1cccc(Sc2ccc(C(=O)NC3CC4CCC3N4)cc2)c1. The topological polar surface area (TPSA) is 84.2 Å². The number of fused-ring (bicyclic) bond motifs is 2. The van der Waals surface area contributed by atoms with Gasteiger partial charge < -0.3 is 16.4 Å². The van der Waals surface area contributed by atoms with Gasteiger partial charge in [0.05, 0.1) is 0 Å². The zero-order valence-corrected chi connectivity index (χ0v) is 15.1. The molecule has 3 unspecified atom stereocenters. The molecule has 26 heavy (non-hydrogen) atoms. The van der Waals surface area contributed by atoms with Gasteiger partial charge in [0.1, 0.15) is 0 Å². The van der Waals surface area contributed by atoms with E-state index in [0.717, 1.165) is 22.6 Å². The van der Waals surface area contributed by atoms with Gasteiger partial charge in [-0.05, 0) is 61.7 Å². The van der Waals surface area contributed by atoms with Crippen molar-refractivity contribution in [3.63, 3.8) is 0 Å². The number of hydrogen-bond acceptors (Lipinski definition) is 4. The molecule has 134 valence electrons. The Morgan fingerprint density at radius 2 is 1.85 bits per heavy atom. The molecule has 2 aliphatic rings. The Kier molecular flexibility index (Phi) is 4.70. The Balaban J connectivity index is 1.39. The lowest BCUT2D eigenvalue weighted by Crippen LogP contribution is -2.42. The van der Waals surface area contributed by atoms with Crippen LogP contribution in [-0.4, -0.2) is 29.9 Å². The Morgan fingerprint density at radius 3 is 2.50 bits per heavy atom. The molecule has 2 saturated heterocycles. The summed E-state index contributed by atoms with van der Waals surface area (Å²) in [6, 6.07) is 16.0. The van der Waals surface area contributed by atoms with Crippen LogP contribution in [0.3, 0.4) is 0 Å². The summed E-state index contributed by atoms with van der Waals surface area (Å²) in [6.07, 6.45) is 3.40. The molecule has 0 aromatic heterocycles. The van der Waals surface area contributed by atoms with Gasteiger partial charge in [-0.25, -0.2) is 0 Å². The van der Waals surface area contributed by atoms with Crippen molar-refractivity contribution >= 4 is 23.6 Å². The average Bonchev–Trinajstić information content (AvgIpc) is 3.25. The minimum Gasteiger partial charge on any atom is -0.366 e. The van der Waals surface area contributed by atoms with Gasteiger partial charge in [-0.2, -0.15) is 0 Å². The minimum atomic E-state index is -0.436. The van der Waals surface area contributed by atoms with Crippen molar-refractivity contribution in [1.82, 2.24) is 10.6 Å². The third-order valence-electron chi connectivity index (χ3n) is 5.09. The van der Waals surface area contributed by atoms with Crippen LogP contribution in [0.5, 0.6) is 0 Å². The van der Waals surface area contributed by atoms with Crippen LogP contribution in [0.2, 0.25) is 0 Å². The van der Waals surface area contributed by atoms with E-state index in [9.17, 15) is 9.59 Å². The number of hydrogen-bond donors (Lipinski definition) is 3. The van der Waals surface area contributed by atoms with Crippen molar-refractivity contribution in [2.75, 3.05) is 0 Å². The zero-order chi connectivity index (χ0) is 18.1. The molecular weight excluding hydrogens is 346 g/mol. The van der Waals surface area contributed by atoms with Crippen LogP contribution in [0.15, 0.2) is 58.3 Å². The van der Waals surface area contributed by atoms with Crippen LogP contribution < -0.4 is 16.4 Å². The lowest BCUT2D eigenvalue weighted by Gasteiger charge is -2.21. The molecule has 2 aromatic rings. The molecule has 5 nitrogen and oxygen atoms in total. The van der Waals surface area contributed by atoms with Crippen LogP contribution in [0.1, 0.15) is 40.0 Å². The molecule has 4 N–H and O–H groups in total. The Hall–Kier alpha value is -2.31. The summed E-state index contributed by atoms with van der Waals surface area (Å²) in [5.74, 6) is -0.453. The van der Waals surface area contributed by atoms with Gasteiger partial charge in [0.25, 0.3) is 5.91 Å². The Bertz CT molecular complexity index is 837. The van der Waals surface area contributed by atoms with Crippen molar-refractivity contribution in [3.05, 3.63) is 59.7 Å². The molecule has 0 spiro atoms. The molecule has 6 heteroatoms. The molecule has 2 heterocycles. The highest BCUT2D eigenvalue weighted by Gasteiger charge is 2.39. The van der Waals surface area contributed by atoms with Gasteiger partial charge in [-0.15, -0.1) is 0 Å². The van der Waals surface area contributed by atoms with Gasteiger partial charge in [-0.1, -0.05) is 17.8 Å². The highest BCUT2D eigenvalue weighted by atomic mass is 32.2. The third-order valence-corrected chi connectivity index (χ3v) is 6.08. The van der Waals surface area contributed by atoms with Crippen molar-refractivity contribution < 1.29 is 9.59 Å². The van der Waals surface area contributed by atoms with Crippen LogP contribution in [0.4, 0.5) is 0 Å². The molecular formula is C20H21N3O2S. The summed E-state index contributed by atoms with van der Waals surface area (Å²) in [4.78, 5) is 25.7. The van der Waals surface area contributed by atoms with Gasteiger partial charge >= 0.3 is 0 Å². The summed E-state index contributed by atoms with van der Waals surface area (Å²) in [7, 11) is 0. The van der Waals surface area contributed by atoms with Crippen molar-refractivity contribution in [2.24, 2.45) is 5.73 Å². The predicted octanol–water partition coefficient (Wildman–Crippen LogP) is 2.56. The maximum Gasteiger partial charge on any atom is 0.251 e. The van der Waals surface area contributed by atoms with Crippen molar-refractivity contribution in [3.8, 4) is 0 Å². The number of rotatable bonds is 5. The minimum absolute atomic E-state index is 0.0170. The molecule has 0 aliphatic carbocycles. The average molecular weight is 367 g/mol. The van der Waals surface area contributed by atoms with Crippen LogP contribution in [0.25, 0.3) is 0 Å². The number of amides is 2. The first kappa shape index (κ1) is 17.1. The van der Waals surface area contributed by atoms with E-state index in [1.165, 1.54) is 18.2 Å². The van der Waals surface area contributed by atoms with Crippen LogP contribution in [-0.2, 0) is 0 Å². The number of primary amides is 1. The van der Waals surface area contributed by atoms with E-state index in [4.69, 9.17) is 5.73 Å². The van der Waals surface area contributed by atoms with E-state index in [-0.39, 0.29) is 11.9 Å². The lowest BCUT2D eigenvalue weighted by molar-refractivity contribution is 0.0930. The Labute approximate surface area is 156 Å². The van der Waals surface area contributed by atoms with E-state index in [0.29, 0.717) is 23.2 Å². The maximum absolute atomic E-state index is 12.5. The molecule has 4 rings (SSSR count). The van der Waals surface area contributed by atoms with E-state index in [1.54, 1.807) is 12.1 Å². The Morgan fingerprint density at radius 1 is 1.04 bits per heavy atom. The fraction of sp³-hybridized carbons (Fsp3) is 0.300. The second-order valence-electron chi connectivity index (χ2n) is 6.88. The largest absolute Gasteiger partial charge is 0.366 e. The van der Waals surface area contributed by atoms with Gasteiger partial charge in [-0.3, -0.25) is 9.59 Å². The molecule has 0 radical (unpaired) electrons. The number of benzene rings is 2. The highest BCUT2D eigenvalue weighted by Crippen LogP contribution is 2.30. The lowest BCUT2D eigenvalue weighted by atomic mass is 9.95. The molecule has 2 aromatic carbocycles. The molecule has 3 atom stereocenters.